The highest BCUT2D eigenvalue weighted by atomic mass is 16.6. The second-order valence-corrected chi connectivity index (χ2v) is 7.68. The minimum absolute atomic E-state index is 0.121. The summed E-state index contributed by atoms with van der Waals surface area (Å²) in [7, 11) is 1.61. The lowest BCUT2D eigenvalue weighted by Crippen LogP contribution is -2.57. The Labute approximate surface area is 165 Å². The molecule has 0 N–H and O–H groups in total. The maximum absolute atomic E-state index is 12.1. The van der Waals surface area contributed by atoms with Gasteiger partial charge in [-0.1, -0.05) is 12.1 Å². The molecule has 0 unspecified atom stereocenters. The van der Waals surface area contributed by atoms with Gasteiger partial charge in [0.1, 0.15) is 23.2 Å². The summed E-state index contributed by atoms with van der Waals surface area (Å²) in [4.78, 5) is 13.7. The van der Waals surface area contributed by atoms with Crippen molar-refractivity contribution >= 4 is 6.09 Å². The van der Waals surface area contributed by atoms with Crippen LogP contribution in [0.25, 0.3) is 11.1 Å². The first-order valence-corrected chi connectivity index (χ1v) is 9.12. The third-order valence-corrected chi connectivity index (χ3v) is 4.28. The molecule has 0 bridgehead atoms. The largest absolute Gasteiger partial charge is 0.497 e. The van der Waals surface area contributed by atoms with Crippen LogP contribution in [0.15, 0.2) is 42.5 Å². The van der Waals surface area contributed by atoms with Gasteiger partial charge >= 0.3 is 6.09 Å². The molecule has 0 radical (unpaired) electrons. The molecular weight excluding hydrogens is 356 g/mol. The summed E-state index contributed by atoms with van der Waals surface area (Å²) >= 11 is 0. The van der Waals surface area contributed by atoms with Gasteiger partial charge in [-0.2, -0.15) is 5.26 Å². The molecular formula is C22H24N2O4. The lowest BCUT2D eigenvalue weighted by molar-refractivity contribution is -0.0220. The summed E-state index contributed by atoms with van der Waals surface area (Å²) in [5.41, 5.74) is 1.74. The van der Waals surface area contributed by atoms with Crippen LogP contribution >= 0.6 is 0 Å². The van der Waals surface area contributed by atoms with Gasteiger partial charge in [-0.25, -0.2) is 4.79 Å². The molecule has 0 atom stereocenters. The van der Waals surface area contributed by atoms with Gasteiger partial charge in [-0.3, -0.25) is 0 Å². The molecule has 0 aliphatic carbocycles. The average Bonchev–Trinajstić information content (AvgIpc) is 2.62. The quantitative estimate of drug-likeness (QED) is 0.794. The summed E-state index contributed by atoms with van der Waals surface area (Å²) in [6.07, 6.45) is -0.454. The number of carbonyl (C=O) groups is 1. The molecule has 1 fully saturated rings. The highest BCUT2D eigenvalue weighted by molar-refractivity contribution is 5.73. The third kappa shape index (κ3) is 4.55. The fraction of sp³-hybridized carbons (Fsp3) is 0.364. The molecule has 1 saturated heterocycles. The van der Waals surface area contributed by atoms with E-state index in [0.717, 1.165) is 16.9 Å². The predicted octanol–water partition coefficient (Wildman–Crippen LogP) is 4.23. The zero-order chi connectivity index (χ0) is 20.3. The summed E-state index contributed by atoms with van der Waals surface area (Å²) in [5, 5.41) is 9.25. The number of nitriles is 1. The van der Waals surface area contributed by atoms with E-state index in [-0.39, 0.29) is 12.2 Å². The number of amides is 1. The van der Waals surface area contributed by atoms with Crippen LogP contribution < -0.4 is 9.47 Å². The molecule has 28 heavy (non-hydrogen) atoms. The minimum atomic E-state index is -0.518. The van der Waals surface area contributed by atoms with Crippen molar-refractivity contribution in [2.75, 3.05) is 20.2 Å². The van der Waals surface area contributed by atoms with Crippen LogP contribution in [0.5, 0.6) is 11.5 Å². The highest BCUT2D eigenvalue weighted by Crippen LogP contribution is 2.34. The van der Waals surface area contributed by atoms with Crippen LogP contribution in [0.1, 0.15) is 26.3 Å². The molecule has 0 aromatic heterocycles. The van der Waals surface area contributed by atoms with Gasteiger partial charge in [0.15, 0.2) is 0 Å². The van der Waals surface area contributed by atoms with Gasteiger partial charge < -0.3 is 19.1 Å². The fourth-order valence-corrected chi connectivity index (χ4v) is 2.89. The van der Waals surface area contributed by atoms with Crippen molar-refractivity contribution in [3.63, 3.8) is 0 Å². The Balaban J connectivity index is 1.75. The van der Waals surface area contributed by atoms with E-state index in [9.17, 15) is 10.1 Å². The Morgan fingerprint density at radius 2 is 1.93 bits per heavy atom. The number of likely N-dealkylation sites (tertiary alicyclic amines) is 1. The zero-order valence-corrected chi connectivity index (χ0v) is 16.6. The molecule has 3 rings (SSSR count). The highest BCUT2D eigenvalue weighted by Gasteiger charge is 2.35. The van der Waals surface area contributed by atoms with Gasteiger partial charge in [0.05, 0.1) is 31.8 Å². The van der Waals surface area contributed by atoms with Crippen molar-refractivity contribution in [2.45, 2.75) is 32.5 Å². The Hall–Kier alpha value is -3.20. The van der Waals surface area contributed by atoms with Crippen LogP contribution in [0, 0.1) is 11.3 Å². The number of nitrogens with zero attached hydrogens (tertiary/aromatic N) is 2. The summed E-state index contributed by atoms with van der Waals surface area (Å²) in [5.74, 6) is 1.40. The van der Waals surface area contributed by atoms with E-state index in [0.29, 0.717) is 24.4 Å². The summed E-state index contributed by atoms with van der Waals surface area (Å²) in [6, 6.07) is 15.1. The van der Waals surface area contributed by atoms with Crippen molar-refractivity contribution in [1.29, 1.82) is 5.26 Å². The lowest BCUT2D eigenvalue weighted by Gasteiger charge is -2.39. The second kappa shape index (κ2) is 7.81. The normalized spacial score (nSPS) is 14.0. The first kappa shape index (κ1) is 19.6. The fourth-order valence-electron chi connectivity index (χ4n) is 2.89. The Morgan fingerprint density at radius 3 is 2.57 bits per heavy atom. The molecule has 1 aliphatic heterocycles. The maximum atomic E-state index is 12.1. The first-order chi connectivity index (χ1) is 13.3. The van der Waals surface area contributed by atoms with Gasteiger partial charge in [0.25, 0.3) is 0 Å². The van der Waals surface area contributed by atoms with Gasteiger partial charge in [0.2, 0.25) is 0 Å². The van der Waals surface area contributed by atoms with E-state index in [4.69, 9.17) is 14.2 Å². The van der Waals surface area contributed by atoms with Crippen LogP contribution in [-0.2, 0) is 4.74 Å². The van der Waals surface area contributed by atoms with E-state index in [2.05, 4.69) is 6.07 Å². The average molecular weight is 380 g/mol. The molecule has 2 aromatic rings. The number of rotatable bonds is 4. The van der Waals surface area contributed by atoms with Crippen LogP contribution in [0.3, 0.4) is 0 Å². The first-order valence-electron chi connectivity index (χ1n) is 9.12. The molecule has 2 aromatic carbocycles. The van der Waals surface area contributed by atoms with Crippen molar-refractivity contribution in [2.24, 2.45) is 0 Å². The van der Waals surface area contributed by atoms with Crippen LogP contribution in [0.2, 0.25) is 0 Å². The van der Waals surface area contributed by atoms with E-state index in [1.165, 1.54) is 0 Å². The van der Waals surface area contributed by atoms with Crippen LogP contribution in [-0.4, -0.2) is 42.9 Å². The predicted molar refractivity (Wildman–Crippen MR) is 105 cm³/mol. The Bertz CT molecular complexity index is 905. The lowest BCUT2D eigenvalue weighted by atomic mass is 10.0. The number of hydrogen-bond acceptors (Lipinski definition) is 5. The molecule has 0 saturated carbocycles. The molecule has 1 amide bonds. The van der Waals surface area contributed by atoms with Gasteiger partial charge in [0, 0.05) is 5.56 Å². The number of hydrogen-bond donors (Lipinski definition) is 0. The molecule has 0 spiro atoms. The second-order valence-electron chi connectivity index (χ2n) is 7.68. The summed E-state index contributed by atoms with van der Waals surface area (Å²) < 4.78 is 16.8. The van der Waals surface area contributed by atoms with E-state index < -0.39 is 5.60 Å². The Morgan fingerprint density at radius 1 is 1.18 bits per heavy atom. The number of ether oxygens (including phenoxy) is 3. The van der Waals surface area contributed by atoms with E-state index in [1.54, 1.807) is 30.2 Å². The number of benzene rings is 2. The third-order valence-electron chi connectivity index (χ3n) is 4.28. The van der Waals surface area contributed by atoms with Crippen molar-refractivity contribution in [3.8, 4) is 28.7 Å². The van der Waals surface area contributed by atoms with E-state index in [1.807, 2.05) is 45.0 Å². The van der Waals surface area contributed by atoms with Gasteiger partial charge in [-0.15, -0.1) is 0 Å². The monoisotopic (exact) mass is 380 g/mol. The summed E-state index contributed by atoms with van der Waals surface area (Å²) in [6.45, 7) is 6.46. The SMILES string of the molecule is COc1cccc(-c2cc(C#N)ccc2OC2CN(C(=O)OC(C)(C)C)C2)c1. The van der Waals surface area contributed by atoms with E-state index >= 15 is 0 Å². The zero-order valence-electron chi connectivity index (χ0n) is 16.6. The van der Waals surface area contributed by atoms with Crippen LogP contribution in [0.4, 0.5) is 4.79 Å². The van der Waals surface area contributed by atoms with Gasteiger partial charge in [-0.05, 0) is 56.7 Å². The molecule has 6 heteroatoms. The molecule has 146 valence electrons. The smallest absolute Gasteiger partial charge is 0.410 e. The molecule has 1 heterocycles. The standard InChI is InChI=1S/C22H24N2O4/c1-22(2,3)28-21(25)24-13-18(14-24)27-20-9-8-15(12-23)10-19(20)16-6-5-7-17(11-16)26-4/h5-11,18H,13-14H2,1-4H3. The maximum Gasteiger partial charge on any atom is 0.410 e. The van der Waals surface area contributed by atoms with Crippen molar-refractivity contribution in [3.05, 3.63) is 48.0 Å². The minimum Gasteiger partial charge on any atom is -0.497 e. The van der Waals surface area contributed by atoms with Crippen molar-refractivity contribution < 1.29 is 19.0 Å². The Kier molecular flexibility index (Phi) is 5.46. The topological polar surface area (TPSA) is 71.8 Å². The number of methoxy groups -OCH3 is 1. The molecule has 1 aliphatic rings. The molecule has 6 nitrogen and oxygen atoms in total. The van der Waals surface area contributed by atoms with Crippen molar-refractivity contribution in [1.82, 2.24) is 4.90 Å². The number of carbonyl (C=O) groups excluding carboxylic acids is 1.